The van der Waals surface area contributed by atoms with E-state index in [1.54, 1.807) is 0 Å². The summed E-state index contributed by atoms with van der Waals surface area (Å²) in [5.74, 6) is 0.619. The number of benzene rings is 3. The molecule has 3 aromatic rings. The normalized spacial score (nSPS) is 21.4. The Hall–Kier alpha value is -2.14. The Balaban J connectivity index is 1.16. The lowest BCUT2D eigenvalue weighted by atomic mass is 9.88. The van der Waals surface area contributed by atoms with Gasteiger partial charge in [0.15, 0.2) is 0 Å². The van der Waals surface area contributed by atoms with Crippen LogP contribution in [0.4, 0.5) is 17.1 Å². The third kappa shape index (κ3) is 3.68. The molecule has 1 N–H and O–H groups in total. The minimum Gasteiger partial charge on any atom is -0.381 e. The van der Waals surface area contributed by atoms with E-state index in [2.05, 4.69) is 76.6 Å². The van der Waals surface area contributed by atoms with Crippen molar-refractivity contribution in [2.75, 3.05) is 36.4 Å². The summed E-state index contributed by atoms with van der Waals surface area (Å²) in [7, 11) is 0. The molecular weight excluding hydrogens is 434 g/mol. The van der Waals surface area contributed by atoms with E-state index < -0.39 is 0 Å². The second-order valence-electron chi connectivity index (χ2n) is 9.22. The molecule has 5 heteroatoms. The Kier molecular flexibility index (Phi) is 5.33. The Morgan fingerprint density at radius 1 is 1.00 bits per heavy atom. The number of aryl methyl sites for hydroxylation is 1. The van der Waals surface area contributed by atoms with Crippen molar-refractivity contribution >= 4 is 40.4 Å². The third-order valence-corrected chi connectivity index (χ3v) is 8.44. The first-order valence-electron chi connectivity index (χ1n) is 11.6. The average molecular weight is 462 g/mol. The molecule has 32 heavy (non-hydrogen) atoms. The van der Waals surface area contributed by atoms with Crippen molar-refractivity contribution in [3.63, 3.8) is 0 Å². The zero-order valence-electron chi connectivity index (χ0n) is 18.4. The first-order chi connectivity index (χ1) is 15.7. The number of nitrogens with zero attached hydrogens (tertiary/aromatic N) is 2. The summed E-state index contributed by atoms with van der Waals surface area (Å²) in [5.41, 5.74) is 6.83. The maximum atomic E-state index is 6.30. The van der Waals surface area contributed by atoms with Crippen LogP contribution in [0.25, 0.3) is 0 Å². The van der Waals surface area contributed by atoms with E-state index in [-0.39, 0.29) is 0 Å². The maximum Gasteiger partial charge on any atom is 0.0553 e. The number of rotatable bonds is 4. The summed E-state index contributed by atoms with van der Waals surface area (Å²) in [4.78, 5) is 7.72. The fourth-order valence-electron chi connectivity index (χ4n) is 5.53. The zero-order valence-corrected chi connectivity index (χ0v) is 19.9. The SMILES string of the molecule is Cc1ccc2c(c1)[C@H]1CN(CCCN3c4ccccc4Sc4cc(Cl)ccc43)CC[C@H]1N2. The average Bonchev–Trinajstić information content (AvgIpc) is 3.15. The Bertz CT molecular complexity index is 1160. The van der Waals surface area contributed by atoms with Gasteiger partial charge in [0, 0.05) is 52.1 Å². The fraction of sp³-hybridized carbons (Fsp3) is 0.333. The van der Waals surface area contributed by atoms with Crippen LogP contribution in [0.1, 0.15) is 29.9 Å². The number of fused-ring (bicyclic) bond motifs is 5. The number of likely N-dealkylation sites (tertiary alicyclic amines) is 1. The van der Waals surface area contributed by atoms with E-state index in [1.807, 2.05) is 17.8 Å². The molecule has 0 spiro atoms. The molecule has 0 radical (unpaired) electrons. The molecule has 0 unspecified atom stereocenters. The number of anilines is 3. The molecule has 0 amide bonds. The van der Waals surface area contributed by atoms with E-state index in [0.717, 1.165) is 31.1 Å². The molecule has 2 atom stereocenters. The Morgan fingerprint density at radius 3 is 2.81 bits per heavy atom. The number of para-hydroxylation sites is 1. The van der Waals surface area contributed by atoms with Crippen LogP contribution in [0.3, 0.4) is 0 Å². The van der Waals surface area contributed by atoms with Crippen molar-refractivity contribution in [3.8, 4) is 0 Å². The second-order valence-corrected chi connectivity index (χ2v) is 10.7. The van der Waals surface area contributed by atoms with E-state index in [0.29, 0.717) is 12.0 Å². The van der Waals surface area contributed by atoms with Gasteiger partial charge < -0.3 is 15.1 Å². The van der Waals surface area contributed by atoms with Gasteiger partial charge in [0.1, 0.15) is 0 Å². The molecule has 3 heterocycles. The molecule has 0 bridgehead atoms. The van der Waals surface area contributed by atoms with Gasteiger partial charge in [-0.3, -0.25) is 0 Å². The van der Waals surface area contributed by atoms with Crippen LogP contribution >= 0.6 is 23.4 Å². The van der Waals surface area contributed by atoms with Crippen LogP contribution in [0.15, 0.2) is 70.5 Å². The van der Waals surface area contributed by atoms with Gasteiger partial charge in [0.2, 0.25) is 0 Å². The van der Waals surface area contributed by atoms with Gasteiger partial charge >= 0.3 is 0 Å². The van der Waals surface area contributed by atoms with Crippen LogP contribution in [0.2, 0.25) is 5.02 Å². The number of piperidine rings is 1. The predicted octanol–water partition coefficient (Wildman–Crippen LogP) is 6.92. The highest BCUT2D eigenvalue weighted by Crippen LogP contribution is 2.48. The summed E-state index contributed by atoms with van der Waals surface area (Å²) in [6.07, 6.45) is 2.37. The zero-order chi connectivity index (χ0) is 21.7. The summed E-state index contributed by atoms with van der Waals surface area (Å²) in [6, 6.07) is 22.5. The minimum atomic E-state index is 0.602. The Labute approximate surface area is 199 Å². The summed E-state index contributed by atoms with van der Waals surface area (Å²) in [5, 5.41) is 4.58. The number of halogens is 1. The highest BCUT2D eigenvalue weighted by molar-refractivity contribution is 7.99. The molecule has 0 aliphatic carbocycles. The molecule has 164 valence electrons. The molecule has 3 aliphatic rings. The van der Waals surface area contributed by atoms with Gasteiger partial charge in [-0.15, -0.1) is 0 Å². The van der Waals surface area contributed by atoms with Crippen molar-refractivity contribution in [1.29, 1.82) is 0 Å². The number of nitrogens with one attached hydrogen (secondary N) is 1. The fourth-order valence-corrected chi connectivity index (χ4v) is 6.90. The van der Waals surface area contributed by atoms with Gasteiger partial charge in [-0.25, -0.2) is 0 Å². The van der Waals surface area contributed by atoms with Gasteiger partial charge in [0.25, 0.3) is 0 Å². The van der Waals surface area contributed by atoms with Crippen LogP contribution in [-0.2, 0) is 0 Å². The van der Waals surface area contributed by atoms with Crippen LogP contribution in [0.5, 0.6) is 0 Å². The lowest BCUT2D eigenvalue weighted by Crippen LogP contribution is -2.43. The van der Waals surface area contributed by atoms with Crippen molar-refractivity contribution < 1.29 is 0 Å². The molecule has 3 aliphatic heterocycles. The molecule has 3 aromatic carbocycles. The monoisotopic (exact) mass is 461 g/mol. The molecule has 1 fully saturated rings. The molecule has 3 nitrogen and oxygen atoms in total. The highest BCUT2D eigenvalue weighted by Gasteiger charge is 2.36. The summed E-state index contributed by atoms with van der Waals surface area (Å²) < 4.78 is 0. The van der Waals surface area contributed by atoms with Crippen LogP contribution in [0, 0.1) is 6.92 Å². The molecule has 0 saturated carbocycles. The summed E-state index contributed by atoms with van der Waals surface area (Å²) >= 11 is 8.13. The van der Waals surface area contributed by atoms with Crippen LogP contribution < -0.4 is 10.2 Å². The Morgan fingerprint density at radius 2 is 1.88 bits per heavy atom. The third-order valence-electron chi connectivity index (χ3n) is 7.09. The highest BCUT2D eigenvalue weighted by atomic mass is 35.5. The molecule has 1 saturated heterocycles. The topological polar surface area (TPSA) is 18.5 Å². The standard InChI is InChI=1S/C27H28ClN3S/c1-18-7-9-22-20(15-18)21-17-30(14-11-23(21)29-22)12-4-13-31-24-5-2-3-6-26(24)32-27-16-19(28)8-10-25(27)31/h2-3,5-10,15-16,21,23,29H,4,11-14,17H2,1H3/t21-,23-/m1/s1. The van der Waals surface area contributed by atoms with Crippen molar-refractivity contribution in [3.05, 3.63) is 76.8 Å². The summed E-state index contributed by atoms with van der Waals surface area (Å²) in [6.45, 7) is 6.70. The van der Waals surface area contributed by atoms with Gasteiger partial charge in [-0.1, -0.05) is 53.2 Å². The van der Waals surface area contributed by atoms with Crippen LogP contribution in [-0.4, -0.2) is 37.1 Å². The minimum absolute atomic E-state index is 0.602. The predicted molar refractivity (Wildman–Crippen MR) is 136 cm³/mol. The molecule has 0 aromatic heterocycles. The first kappa shape index (κ1) is 20.5. The largest absolute Gasteiger partial charge is 0.381 e. The van der Waals surface area contributed by atoms with Crippen molar-refractivity contribution in [2.45, 2.75) is 41.5 Å². The van der Waals surface area contributed by atoms with Gasteiger partial charge in [0.05, 0.1) is 11.4 Å². The smallest absolute Gasteiger partial charge is 0.0553 e. The van der Waals surface area contributed by atoms with E-state index in [4.69, 9.17) is 11.6 Å². The lowest BCUT2D eigenvalue weighted by Gasteiger charge is -2.36. The van der Waals surface area contributed by atoms with Gasteiger partial charge in [-0.2, -0.15) is 0 Å². The van der Waals surface area contributed by atoms with Gasteiger partial charge in [-0.05, 0) is 68.3 Å². The van der Waals surface area contributed by atoms with E-state index >= 15 is 0 Å². The van der Waals surface area contributed by atoms with Crippen molar-refractivity contribution in [2.24, 2.45) is 0 Å². The van der Waals surface area contributed by atoms with E-state index in [9.17, 15) is 0 Å². The lowest BCUT2D eigenvalue weighted by molar-refractivity contribution is 0.201. The van der Waals surface area contributed by atoms with Crippen molar-refractivity contribution in [1.82, 2.24) is 4.90 Å². The van der Waals surface area contributed by atoms with E-state index in [1.165, 1.54) is 50.9 Å². The number of hydrogen-bond donors (Lipinski definition) is 1. The molecule has 6 rings (SSSR count). The number of hydrogen-bond acceptors (Lipinski definition) is 4. The maximum absolute atomic E-state index is 6.30. The second kappa shape index (κ2) is 8.33. The molecular formula is C27H28ClN3S. The quantitative estimate of drug-likeness (QED) is 0.454. The first-order valence-corrected chi connectivity index (χ1v) is 12.8.